The van der Waals surface area contributed by atoms with Gasteiger partial charge in [0.2, 0.25) is 0 Å². The highest BCUT2D eigenvalue weighted by molar-refractivity contribution is 5.60. The second-order valence-electron chi connectivity index (χ2n) is 5.95. The van der Waals surface area contributed by atoms with Gasteiger partial charge in [0, 0.05) is 11.9 Å². The lowest BCUT2D eigenvalue weighted by molar-refractivity contribution is 0.974. The first-order valence-electron chi connectivity index (χ1n) is 8.19. The largest absolute Gasteiger partial charge is 0.399 e. The fourth-order valence-corrected chi connectivity index (χ4v) is 2.52. The Kier molecular flexibility index (Phi) is 6.16. The quantitative estimate of drug-likeness (QED) is 0.543. The summed E-state index contributed by atoms with van der Waals surface area (Å²) in [5.41, 5.74) is 12.9. The molecule has 2 N–H and O–H groups in total. The molecule has 23 heavy (non-hydrogen) atoms. The molecule has 0 radical (unpaired) electrons. The molecule has 0 aromatic heterocycles. The van der Waals surface area contributed by atoms with Gasteiger partial charge in [0.1, 0.15) is 0 Å². The fourth-order valence-electron chi connectivity index (χ4n) is 2.52. The van der Waals surface area contributed by atoms with Crippen molar-refractivity contribution in [3.63, 3.8) is 0 Å². The van der Waals surface area contributed by atoms with Crippen LogP contribution in [0.4, 0.5) is 0 Å². The summed E-state index contributed by atoms with van der Waals surface area (Å²) in [4.78, 5) is 4.58. The predicted octanol–water partition coefficient (Wildman–Crippen LogP) is 5.30. The van der Waals surface area contributed by atoms with Crippen molar-refractivity contribution in [2.75, 3.05) is 0 Å². The van der Waals surface area contributed by atoms with Crippen molar-refractivity contribution >= 4 is 6.21 Å². The lowest BCUT2D eigenvalue weighted by atomic mass is 9.94. The van der Waals surface area contributed by atoms with Gasteiger partial charge in [-0.25, -0.2) is 0 Å². The molecule has 0 bridgehead atoms. The molecule has 0 amide bonds. The van der Waals surface area contributed by atoms with E-state index < -0.39 is 0 Å². The first-order chi connectivity index (χ1) is 11.1. The molecule has 0 aromatic carbocycles. The molecule has 0 saturated heterocycles. The average molecular weight is 306 g/mol. The summed E-state index contributed by atoms with van der Waals surface area (Å²) in [5, 5.41) is 0. The van der Waals surface area contributed by atoms with Gasteiger partial charge in [-0.2, -0.15) is 0 Å². The minimum Gasteiger partial charge on any atom is -0.399 e. The third-order valence-corrected chi connectivity index (χ3v) is 3.93. The van der Waals surface area contributed by atoms with Crippen molar-refractivity contribution in [1.29, 1.82) is 0 Å². The molecule has 0 heterocycles. The van der Waals surface area contributed by atoms with Crippen LogP contribution >= 0.6 is 0 Å². The number of aliphatic imine (C=N–C) groups is 1. The van der Waals surface area contributed by atoms with Crippen LogP contribution in [0.5, 0.6) is 0 Å². The highest BCUT2D eigenvalue weighted by Gasteiger charge is 2.10. The lowest BCUT2D eigenvalue weighted by Gasteiger charge is -2.13. The SMILES string of the molecule is C/C=N/C(=C\C(=C\C(N)=C(C)C)C1=CC=CCC1)C1=CC=CC1. The Hall–Kier alpha value is -2.35. The normalized spacial score (nSPS) is 18.4. The third kappa shape index (κ3) is 4.82. The van der Waals surface area contributed by atoms with E-state index in [1.807, 2.05) is 27.0 Å². The number of nitrogens with two attached hydrogens (primary N) is 1. The van der Waals surface area contributed by atoms with Crippen LogP contribution in [-0.4, -0.2) is 6.21 Å². The van der Waals surface area contributed by atoms with Gasteiger partial charge in [-0.1, -0.05) is 42.0 Å². The van der Waals surface area contributed by atoms with Gasteiger partial charge < -0.3 is 5.73 Å². The van der Waals surface area contributed by atoms with Crippen molar-refractivity contribution in [3.05, 3.63) is 82.3 Å². The molecule has 0 unspecified atom stereocenters. The van der Waals surface area contributed by atoms with E-state index in [9.17, 15) is 0 Å². The monoisotopic (exact) mass is 306 g/mol. The van der Waals surface area contributed by atoms with Crippen molar-refractivity contribution in [2.45, 2.75) is 40.0 Å². The lowest BCUT2D eigenvalue weighted by Crippen LogP contribution is -2.00. The van der Waals surface area contributed by atoms with E-state index in [0.717, 1.165) is 41.8 Å². The van der Waals surface area contributed by atoms with Gasteiger partial charge in [0.05, 0.1) is 5.70 Å². The minimum absolute atomic E-state index is 0.824. The smallest absolute Gasteiger partial charge is 0.0666 e. The summed E-state index contributed by atoms with van der Waals surface area (Å²) in [7, 11) is 0. The topological polar surface area (TPSA) is 38.4 Å². The summed E-state index contributed by atoms with van der Waals surface area (Å²) >= 11 is 0. The van der Waals surface area contributed by atoms with Crippen LogP contribution < -0.4 is 5.73 Å². The number of hydrogen-bond donors (Lipinski definition) is 1. The molecule has 2 heteroatoms. The molecule has 0 atom stereocenters. The van der Waals surface area contributed by atoms with Gasteiger partial charge in [-0.15, -0.1) is 0 Å². The van der Waals surface area contributed by atoms with Crippen LogP contribution in [0.3, 0.4) is 0 Å². The summed E-state index contributed by atoms with van der Waals surface area (Å²) < 4.78 is 0. The maximum absolute atomic E-state index is 6.19. The Labute approximate surface area is 139 Å². The summed E-state index contributed by atoms with van der Waals surface area (Å²) in [6, 6.07) is 0. The summed E-state index contributed by atoms with van der Waals surface area (Å²) in [6.07, 6.45) is 22.0. The maximum Gasteiger partial charge on any atom is 0.0666 e. The second kappa shape index (κ2) is 8.33. The van der Waals surface area contributed by atoms with E-state index in [4.69, 9.17) is 5.73 Å². The van der Waals surface area contributed by atoms with Gasteiger partial charge in [-0.3, -0.25) is 4.99 Å². The van der Waals surface area contributed by atoms with E-state index in [1.165, 1.54) is 11.1 Å². The third-order valence-electron chi connectivity index (χ3n) is 3.93. The standard InChI is InChI=1S/C21H26N2/c1-4-23-21(18-12-8-9-13-18)15-19(14-20(22)16(2)3)17-10-6-5-7-11-17/h4-6,8-10,12,14-15H,7,11,13,22H2,1-3H3/b19-14-,21-15-,23-4+. The van der Waals surface area contributed by atoms with E-state index >= 15 is 0 Å². The van der Waals surface area contributed by atoms with Crippen LogP contribution in [0.25, 0.3) is 0 Å². The Morgan fingerprint density at radius 2 is 1.83 bits per heavy atom. The van der Waals surface area contributed by atoms with Crippen molar-refractivity contribution in [2.24, 2.45) is 10.7 Å². The number of hydrogen-bond acceptors (Lipinski definition) is 2. The zero-order valence-electron chi connectivity index (χ0n) is 14.3. The van der Waals surface area contributed by atoms with E-state index in [-0.39, 0.29) is 0 Å². The van der Waals surface area contributed by atoms with Crippen LogP contribution in [0, 0.1) is 0 Å². The Morgan fingerprint density at radius 1 is 1.09 bits per heavy atom. The summed E-state index contributed by atoms with van der Waals surface area (Å²) in [5.74, 6) is 0. The Bertz CT molecular complexity index is 685. The van der Waals surface area contributed by atoms with E-state index in [2.05, 4.69) is 53.6 Å². The molecular weight excluding hydrogens is 280 g/mol. The first-order valence-corrected chi connectivity index (χ1v) is 8.19. The van der Waals surface area contributed by atoms with E-state index in [1.54, 1.807) is 0 Å². The molecule has 0 aromatic rings. The van der Waals surface area contributed by atoms with E-state index in [0.29, 0.717) is 0 Å². The Balaban J connectivity index is 2.47. The van der Waals surface area contributed by atoms with Gasteiger partial charge in [0.25, 0.3) is 0 Å². The molecule has 120 valence electrons. The minimum atomic E-state index is 0.824. The zero-order valence-corrected chi connectivity index (χ0v) is 14.3. The van der Waals surface area contributed by atoms with Gasteiger partial charge in [-0.05, 0) is 68.9 Å². The van der Waals surface area contributed by atoms with Crippen molar-refractivity contribution < 1.29 is 0 Å². The molecule has 0 saturated carbocycles. The second-order valence-corrected chi connectivity index (χ2v) is 5.95. The average Bonchev–Trinajstić information content (AvgIpc) is 3.08. The molecule has 0 spiro atoms. The molecule has 0 aliphatic heterocycles. The molecular formula is C21H26N2. The zero-order chi connectivity index (χ0) is 16.7. The van der Waals surface area contributed by atoms with Crippen LogP contribution in [0.1, 0.15) is 40.0 Å². The van der Waals surface area contributed by atoms with Crippen molar-refractivity contribution in [1.82, 2.24) is 0 Å². The predicted molar refractivity (Wildman–Crippen MR) is 101 cm³/mol. The van der Waals surface area contributed by atoms with Crippen LogP contribution in [0.2, 0.25) is 0 Å². The first kappa shape index (κ1) is 17.0. The highest BCUT2D eigenvalue weighted by atomic mass is 14.7. The fraction of sp³-hybridized carbons (Fsp3) is 0.286. The maximum atomic E-state index is 6.19. The number of rotatable bonds is 5. The highest BCUT2D eigenvalue weighted by Crippen LogP contribution is 2.28. The number of nitrogens with zero attached hydrogens (tertiary/aromatic N) is 1. The molecule has 2 nitrogen and oxygen atoms in total. The van der Waals surface area contributed by atoms with Crippen LogP contribution in [0.15, 0.2) is 87.3 Å². The van der Waals surface area contributed by atoms with Crippen LogP contribution in [-0.2, 0) is 0 Å². The molecule has 2 aliphatic carbocycles. The molecule has 2 aliphatic rings. The number of allylic oxidation sites excluding steroid dienone is 12. The Morgan fingerprint density at radius 3 is 2.39 bits per heavy atom. The van der Waals surface area contributed by atoms with Gasteiger partial charge in [0.15, 0.2) is 0 Å². The molecule has 0 fully saturated rings. The summed E-state index contributed by atoms with van der Waals surface area (Å²) in [6.45, 7) is 6.03. The van der Waals surface area contributed by atoms with Crippen molar-refractivity contribution in [3.8, 4) is 0 Å². The van der Waals surface area contributed by atoms with Gasteiger partial charge >= 0.3 is 0 Å². The molecule has 2 rings (SSSR count).